The average molecular weight is 491 g/mol. The summed E-state index contributed by atoms with van der Waals surface area (Å²) < 4.78 is 5.75. The minimum absolute atomic E-state index is 0.00896. The van der Waals surface area contributed by atoms with E-state index in [0.29, 0.717) is 6.54 Å². The number of fused-ring (bicyclic) bond motifs is 4. The van der Waals surface area contributed by atoms with E-state index in [2.05, 4.69) is 69.5 Å². The molecule has 1 N–H and O–H groups in total. The molecule has 1 saturated heterocycles. The van der Waals surface area contributed by atoms with Gasteiger partial charge in [-0.2, -0.15) is 0 Å². The van der Waals surface area contributed by atoms with Crippen LogP contribution in [0.4, 0.5) is 5.82 Å². The van der Waals surface area contributed by atoms with Gasteiger partial charge in [0.1, 0.15) is 11.6 Å². The third-order valence-corrected chi connectivity index (χ3v) is 7.97. The van der Waals surface area contributed by atoms with E-state index in [9.17, 15) is 4.79 Å². The number of H-pyrrole nitrogens is 1. The molecule has 0 bridgehead atoms. The van der Waals surface area contributed by atoms with Crippen LogP contribution in [0.25, 0.3) is 17.0 Å². The van der Waals surface area contributed by atoms with Gasteiger partial charge in [-0.05, 0) is 77.9 Å². The second-order valence-electron chi connectivity index (χ2n) is 10.2. The van der Waals surface area contributed by atoms with Crippen molar-refractivity contribution in [1.82, 2.24) is 14.9 Å². The number of aromatic amines is 1. The van der Waals surface area contributed by atoms with Gasteiger partial charge in [-0.1, -0.05) is 24.3 Å². The first kappa shape index (κ1) is 22.2. The fourth-order valence-corrected chi connectivity index (χ4v) is 6.09. The number of rotatable bonds is 4. The van der Waals surface area contributed by atoms with Gasteiger partial charge in [0.05, 0.1) is 12.6 Å². The lowest BCUT2D eigenvalue weighted by Gasteiger charge is -2.36. The maximum absolute atomic E-state index is 13.7. The Morgan fingerprint density at radius 3 is 2.78 bits per heavy atom. The van der Waals surface area contributed by atoms with Crippen LogP contribution in [0.1, 0.15) is 46.8 Å². The van der Waals surface area contributed by atoms with Crippen LogP contribution in [-0.4, -0.2) is 47.0 Å². The zero-order chi connectivity index (χ0) is 24.8. The molecule has 3 aliphatic heterocycles. The largest absolute Gasteiger partial charge is 0.493 e. The van der Waals surface area contributed by atoms with Crippen LogP contribution in [0.3, 0.4) is 0 Å². The summed E-state index contributed by atoms with van der Waals surface area (Å²) in [7, 11) is 0. The molecule has 6 nitrogen and oxygen atoms in total. The number of carbonyl (C=O) groups is 1. The summed E-state index contributed by atoms with van der Waals surface area (Å²) in [6.45, 7) is 3.53. The van der Waals surface area contributed by atoms with Crippen molar-refractivity contribution in [2.45, 2.75) is 31.7 Å². The predicted octanol–water partition coefficient (Wildman–Crippen LogP) is 5.29. The van der Waals surface area contributed by atoms with E-state index in [4.69, 9.17) is 4.74 Å². The van der Waals surface area contributed by atoms with Crippen LogP contribution in [-0.2, 0) is 17.6 Å². The van der Waals surface area contributed by atoms with Crippen LogP contribution in [0.15, 0.2) is 66.9 Å². The van der Waals surface area contributed by atoms with Crippen LogP contribution < -0.4 is 9.64 Å². The van der Waals surface area contributed by atoms with Gasteiger partial charge >= 0.3 is 0 Å². The molecule has 1 amide bonds. The number of ether oxygens (including phenoxy) is 1. The molecule has 0 unspecified atom stereocenters. The topological polar surface area (TPSA) is 61.5 Å². The highest BCUT2D eigenvalue weighted by Crippen LogP contribution is 2.40. The molecule has 3 aliphatic rings. The Morgan fingerprint density at radius 1 is 1.03 bits per heavy atom. The number of nitrogens with one attached hydrogen (secondary N) is 1. The van der Waals surface area contributed by atoms with Crippen molar-refractivity contribution >= 4 is 28.7 Å². The SMILES string of the molecule is O=C(/C=C/c1ccc(N2CCCC2)nc1)N1CCc2c([nH]c3ccccc23)[C@H]1c1ccc2c(c1)CCO2. The Labute approximate surface area is 216 Å². The van der Waals surface area contributed by atoms with E-state index in [1.807, 2.05) is 17.2 Å². The molecular formula is C31H30N4O2. The predicted molar refractivity (Wildman–Crippen MR) is 146 cm³/mol. The normalized spacial score (nSPS) is 18.9. The Kier molecular flexibility index (Phi) is 5.46. The second kappa shape index (κ2) is 9.11. The first-order valence-corrected chi connectivity index (χ1v) is 13.3. The number of para-hydroxylation sites is 1. The highest BCUT2D eigenvalue weighted by Gasteiger charge is 2.34. The molecule has 1 fully saturated rings. The number of hydrogen-bond donors (Lipinski definition) is 1. The Bertz CT molecular complexity index is 1500. The molecule has 5 heterocycles. The van der Waals surface area contributed by atoms with Crippen molar-refractivity contribution in [3.8, 4) is 5.75 Å². The maximum Gasteiger partial charge on any atom is 0.247 e. The number of pyridine rings is 1. The van der Waals surface area contributed by atoms with Crippen molar-refractivity contribution in [2.24, 2.45) is 0 Å². The third-order valence-electron chi connectivity index (χ3n) is 7.97. The van der Waals surface area contributed by atoms with Crippen molar-refractivity contribution in [2.75, 3.05) is 31.1 Å². The van der Waals surface area contributed by atoms with Crippen LogP contribution in [0, 0.1) is 0 Å². The van der Waals surface area contributed by atoms with Crippen molar-refractivity contribution < 1.29 is 9.53 Å². The number of aromatic nitrogens is 2. The van der Waals surface area contributed by atoms with Gasteiger partial charge in [-0.25, -0.2) is 4.98 Å². The summed E-state index contributed by atoms with van der Waals surface area (Å²) in [4.78, 5) is 26.3. The van der Waals surface area contributed by atoms with Gasteiger partial charge in [0.15, 0.2) is 0 Å². The summed E-state index contributed by atoms with van der Waals surface area (Å²) in [5, 5.41) is 1.25. The number of anilines is 1. The second-order valence-corrected chi connectivity index (χ2v) is 10.2. The molecule has 0 radical (unpaired) electrons. The number of nitrogens with zero attached hydrogens (tertiary/aromatic N) is 3. The van der Waals surface area contributed by atoms with Crippen molar-refractivity contribution in [3.05, 3.63) is 94.8 Å². The lowest BCUT2D eigenvalue weighted by molar-refractivity contribution is -0.128. The van der Waals surface area contributed by atoms with Gasteiger partial charge in [-0.3, -0.25) is 4.79 Å². The van der Waals surface area contributed by atoms with Gasteiger partial charge in [0, 0.05) is 54.9 Å². The minimum Gasteiger partial charge on any atom is -0.493 e. The number of benzene rings is 2. The summed E-state index contributed by atoms with van der Waals surface area (Å²) in [5.74, 6) is 1.98. The van der Waals surface area contributed by atoms with Gasteiger partial charge in [0.25, 0.3) is 0 Å². The zero-order valence-corrected chi connectivity index (χ0v) is 20.8. The third kappa shape index (κ3) is 3.97. The number of carbonyl (C=O) groups excluding carboxylic acids is 1. The van der Waals surface area contributed by atoms with Crippen LogP contribution in [0.2, 0.25) is 0 Å². The molecule has 0 saturated carbocycles. The molecule has 0 spiro atoms. The summed E-state index contributed by atoms with van der Waals surface area (Å²) in [6, 6.07) is 18.8. The van der Waals surface area contributed by atoms with Crippen molar-refractivity contribution in [1.29, 1.82) is 0 Å². The average Bonchev–Trinajstić information content (AvgIpc) is 3.71. The van der Waals surface area contributed by atoms with E-state index in [-0.39, 0.29) is 11.9 Å². The Balaban J connectivity index is 1.21. The molecule has 37 heavy (non-hydrogen) atoms. The molecule has 6 heteroatoms. The van der Waals surface area contributed by atoms with E-state index in [0.717, 1.165) is 66.4 Å². The minimum atomic E-state index is -0.171. The Hall–Kier alpha value is -4.06. The van der Waals surface area contributed by atoms with E-state index < -0.39 is 0 Å². The fraction of sp³-hybridized carbons (Fsp3) is 0.290. The van der Waals surface area contributed by atoms with Crippen LogP contribution in [0.5, 0.6) is 5.75 Å². The van der Waals surface area contributed by atoms with E-state index in [1.54, 1.807) is 6.08 Å². The monoisotopic (exact) mass is 490 g/mol. The van der Waals surface area contributed by atoms with E-state index >= 15 is 0 Å². The zero-order valence-electron chi connectivity index (χ0n) is 20.8. The molecule has 186 valence electrons. The summed E-state index contributed by atoms with van der Waals surface area (Å²) in [5.41, 5.74) is 6.82. The summed E-state index contributed by atoms with van der Waals surface area (Å²) >= 11 is 0. The lowest BCUT2D eigenvalue weighted by Crippen LogP contribution is -2.39. The molecule has 0 aliphatic carbocycles. The molecular weight excluding hydrogens is 460 g/mol. The first-order chi connectivity index (χ1) is 18.2. The molecule has 4 aromatic rings. The smallest absolute Gasteiger partial charge is 0.247 e. The maximum atomic E-state index is 13.7. The summed E-state index contributed by atoms with van der Waals surface area (Å²) in [6.07, 6.45) is 9.64. The highest BCUT2D eigenvalue weighted by atomic mass is 16.5. The first-order valence-electron chi connectivity index (χ1n) is 13.3. The molecule has 7 rings (SSSR count). The number of hydrogen-bond acceptors (Lipinski definition) is 4. The molecule has 2 aromatic heterocycles. The van der Waals surface area contributed by atoms with Gasteiger partial charge in [-0.15, -0.1) is 0 Å². The fourth-order valence-electron chi connectivity index (χ4n) is 6.09. The van der Waals surface area contributed by atoms with Gasteiger partial charge < -0.3 is 19.5 Å². The molecule has 2 aromatic carbocycles. The Morgan fingerprint density at radius 2 is 1.92 bits per heavy atom. The quantitative estimate of drug-likeness (QED) is 0.395. The number of amides is 1. The van der Waals surface area contributed by atoms with Crippen LogP contribution >= 0.6 is 0 Å². The standard InChI is InChI=1S/C31H30N4O2/c36-29(12-8-21-7-11-28(32-20-21)34-15-3-4-16-34)35-17-13-25-24-5-1-2-6-26(24)33-30(25)31(35)23-9-10-27-22(19-23)14-18-37-27/h1-2,5-12,19-20,31,33H,3-4,13-18H2/b12-8+/t31-/m1/s1. The highest BCUT2D eigenvalue weighted by molar-refractivity contribution is 5.93. The van der Waals surface area contributed by atoms with E-state index in [1.165, 1.54) is 29.4 Å². The van der Waals surface area contributed by atoms with Crippen molar-refractivity contribution in [3.63, 3.8) is 0 Å². The lowest BCUT2D eigenvalue weighted by atomic mass is 9.91. The molecule has 1 atom stereocenters. The van der Waals surface area contributed by atoms with Gasteiger partial charge in [0.2, 0.25) is 5.91 Å².